The summed E-state index contributed by atoms with van der Waals surface area (Å²) in [6, 6.07) is 13.1. The molecule has 0 N–H and O–H groups in total. The number of hydrogen-bond donors (Lipinski definition) is 0. The number of hydrogen-bond acceptors (Lipinski definition) is 18. The minimum Gasteiger partial charge on any atom is -0.744 e. The van der Waals surface area contributed by atoms with E-state index in [4.69, 9.17) is 0 Å². The normalized spacial score (nSPS) is 12.1. The number of aromatic nitrogens is 8. The zero-order valence-corrected chi connectivity index (χ0v) is 43.5. The van der Waals surface area contributed by atoms with Crippen molar-refractivity contribution in [3.05, 3.63) is 72.8 Å². The topological polar surface area (TPSA) is 334 Å². The quantitative estimate of drug-likeness (QED) is 0.117. The van der Waals surface area contributed by atoms with Crippen LogP contribution in [0, 0.1) is 0 Å². The fourth-order valence-electron chi connectivity index (χ4n) is 6.29. The van der Waals surface area contributed by atoms with E-state index >= 15 is 0 Å². The van der Waals surface area contributed by atoms with Crippen molar-refractivity contribution < 1.29 is 187 Å². The van der Waals surface area contributed by atoms with E-state index < -0.39 is 65.7 Å². The van der Waals surface area contributed by atoms with Gasteiger partial charge in [0.2, 0.25) is 0 Å². The van der Waals surface area contributed by atoms with Gasteiger partial charge in [0.05, 0.1) is 42.9 Å². The third kappa shape index (κ3) is 9.56. The average molecular weight is 984 g/mol. The second kappa shape index (κ2) is 18.3. The van der Waals surface area contributed by atoms with E-state index in [2.05, 4.69) is 39.9 Å². The SMILES string of the molecule is O=S(=O)([O-])c1ccc2c(c1)-c1nc-2nc2[n-]c(nc3nc(nc4[n-]c(n1)c1ccc(S(=O)(=O)[O-])cc41)-c1ccc(S(=O)(=O)[O-])cc1-3)c1c(S(=O)(=O)[O-])cccc21.[Cu+2].[Na+].[Na+].[Na+].[Na+]. The molecule has 291 valence electrons. The summed E-state index contributed by atoms with van der Waals surface area (Å²) in [5.41, 5.74) is -1.15. The van der Waals surface area contributed by atoms with E-state index in [1.165, 1.54) is 30.3 Å². The average Bonchev–Trinajstić information content (AvgIpc) is 3.84. The monoisotopic (exact) mass is 983 g/mol. The molecule has 5 heterocycles. The van der Waals surface area contributed by atoms with Gasteiger partial charge >= 0.3 is 135 Å². The predicted molar refractivity (Wildman–Crippen MR) is 186 cm³/mol. The Kier molecular flexibility index (Phi) is 15.7. The molecule has 0 spiro atoms. The van der Waals surface area contributed by atoms with Crippen molar-refractivity contribution in [1.29, 1.82) is 0 Å². The molecule has 29 heteroatoms. The van der Waals surface area contributed by atoms with Gasteiger partial charge < -0.3 is 48.1 Å². The number of rotatable bonds is 4. The van der Waals surface area contributed by atoms with Gasteiger partial charge in [-0.15, -0.1) is 0 Å². The molecule has 3 aromatic heterocycles. The van der Waals surface area contributed by atoms with Crippen molar-refractivity contribution in [3.63, 3.8) is 0 Å². The van der Waals surface area contributed by atoms with Crippen molar-refractivity contribution in [2.45, 2.75) is 19.6 Å². The van der Waals surface area contributed by atoms with Crippen LogP contribution in [0.1, 0.15) is 0 Å². The molecule has 4 aromatic carbocycles. The van der Waals surface area contributed by atoms with Crippen LogP contribution in [-0.4, -0.2) is 81.8 Å². The maximum Gasteiger partial charge on any atom is 2.00 e. The molecular formula is C32H12CuN8Na4O12S4. The molecule has 61 heavy (non-hydrogen) atoms. The first-order valence-electron chi connectivity index (χ1n) is 15.4. The van der Waals surface area contributed by atoms with Gasteiger partial charge in [-0.25, -0.2) is 43.6 Å². The van der Waals surface area contributed by atoms with Gasteiger partial charge in [0.1, 0.15) is 40.5 Å². The third-order valence-electron chi connectivity index (χ3n) is 8.74. The molecule has 0 amide bonds. The molecule has 0 atom stereocenters. The Morgan fingerprint density at radius 3 is 1.26 bits per heavy atom. The molecule has 20 nitrogen and oxygen atoms in total. The second-order valence-corrected chi connectivity index (χ2v) is 17.6. The van der Waals surface area contributed by atoms with E-state index in [1.807, 2.05) is 0 Å². The first-order chi connectivity index (χ1) is 26.2. The summed E-state index contributed by atoms with van der Waals surface area (Å²) < 4.78 is 146. The number of nitrogens with zero attached hydrogens (tertiary/aromatic N) is 8. The zero-order chi connectivity index (χ0) is 39.7. The molecular weight excluding hydrogens is 972 g/mol. The fraction of sp³-hybridized carbons (Fsp3) is 0. The van der Waals surface area contributed by atoms with Crippen LogP contribution in [0.3, 0.4) is 0 Å². The van der Waals surface area contributed by atoms with Gasteiger partial charge in [0.25, 0.3) is 0 Å². The summed E-state index contributed by atoms with van der Waals surface area (Å²) in [5.74, 6) is -1.05. The van der Waals surface area contributed by atoms with Crippen LogP contribution in [-0.2, 0) is 57.5 Å². The van der Waals surface area contributed by atoms with Gasteiger partial charge in [-0.1, -0.05) is 30.3 Å². The van der Waals surface area contributed by atoms with E-state index in [0.29, 0.717) is 0 Å². The Hall–Kier alpha value is -1.60. The van der Waals surface area contributed by atoms with Crippen LogP contribution >= 0.6 is 0 Å². The van der Waals surface area contributed by atoms with Gasteiger partial charge in [0, 0.05) is 50.2 Å². The van der Waals surface area contributed by atoms with Crippen molar-refractivity contribution >= 4 is 84.6 Å². The van der Waals surface area contributed by atoms with E-state index in [1.54, 1.807) is 0 Å². The Morgan fingerprint density at radius 1 is 0.393 bits per heavy atom. The number of fused-ring (bicyclic) bond motifs is 20. The summed E-state index contributed by atoms with van der Waals surface area (Å²) in [7, 11) is -20.3. The molecule has 0 aliphatic carbocycles. The minimum atomic E-state index is -5.22. The van der Waals surface area contributed by atoms with E-state index in [-0.39, 0.29) is 219 Å². The van der Waals surface area contributed by atoms with Crippen LogP contribution < -0.4 is 128 Å². The van der Waals surface area contributed by atoms with Crippen LogP contribution in [0.5, 0.6) is 0 Å². The van der Waals surface area contributed by atoms with Crippen LogP contribution in [0.4, 0.5) is 0 Å². The maximum absolute atomic E-state index is 12.5. The van der Waals surface area contributed by atoms with Gasteiger partial charge in [-0.05, 0) is 58.6 Å². The van der Waals surface area contributed by atoms with Crippen molar-refractivity contribution in [1.82, 2.24) is 39.9 Å². The zero-order valence-electron chi connectivity index (χ0n) is 31.3. The molecule has 2 aliphatic heterocycles. The largest absolute Gasteiger partial charge is 2.00 e. The Labute approximate surface area is 443 Å². The van der Waals surface area contributed by atoms with Gasteiger partial charge in [0.15, 0.2) is 0 Å². The summed E-state index contributed by atoms with van der Waals surface area (Å²) >= 11 is 0. The Morgan fingerprint density at radius 2 is 0.787 bits per heavy atom. The van der Waals surface area contributed by atoms with E-state index in [0.717, 1.165) is 42.5 Å². The van der Waals surface area contributed by atoms with Gasteiger partial charge in [-0.3, -0.25) is 0 Å². The number of benzene rings is 4. The van der Waals surface area contributed by atoms with Crippen molar-refractivity contribution in [2.24, 2.45) is 0 Å². The molecule has 0 unspecified atom stereocenters. The van der Waals surface area contributed by atoms with Crippen LogP contribution in [0.2, 0.25) is 0 Å². The summed E-state index contributed by atoms with van der Waals surface area (Å²) in [5, 5.41) is -0.297. The summed E-state index contributed by atoms with van der Waals surface area (Å²) in [6.45, 7) is 0. The molecule has 0 saturated carbocycles. The molecule has 7 aromatic rings. The van der Waals surface area contributed by atoms with Crippen molar-refractivity contribution in [3.8, 4) is 45.6 Å². The smallest absolute Gasteiger partial charge is 0.744 e. The summed E-state index contributed by atoms with van der Waals surface area (Å²) in [4.78, 5) is 32.7. The predicted octanol–water partition coefficient (Wildman–Crippen LogP) is -10.2. The van der Waals surface area contributed by atoms with Crippen LogP contribution in [0.25, 0.3) is 89.7 Å². The Bertz CT molecular complexity index is 3640. The Balaban J connectivity index is 0.00000164. The van der Waals surface area contributed by atoms with Gasteiger partial charge in [-0.2, -0.15) is 0 Å². The first kappa shape index (κ1) is 52.0. The standard InChI is InChI=1S/C32H16N8O12S4.Cu.4Na/c41-53(42,43)13-4-7-16-20(10-13)29-34-25(16)33-28-19-2-1-3-23(56(50,51)52)24(19)32(39-28)40-31-22-12-15(55(47,48)49)6-9-18(22)27(38-31)37-30-21-11-14(54(44,45)46)5-8-17(21)26(35-29)36-30;;;;;/h1-12H,(H4-2,33,34,35,36,37,38,39,40,41,42,43,44,45,46,47,48,49,50,51,52);;;;;/q-2;+2;4*+1/p-4. The first-order valence-corrected chi connectivity index (χ1v) is 21.0. The fourth-order valence-corrected chi connectivity index (χ4v) is 8.48. The van der Waals surface area contributed by atoms with Crippen molar-refractivity contribution in [2.75, 3.05) is 0 Å². The summed E-state index contributed by atoms with van der Waals surface area (Å²) in [6.07, 6.45) is 0. The molecule has 2 aliphatic rings. The van der Waals surface area contributed by atoms with Crippen LogP contribution in [0.15, 0.2) is 92.4 Å². The molecule has 0 saturated heterocycles. The second-order valence-electron chi connectivity index (χ2n) is 12.1. The maximum atomic E-state index is 12.5. The molecule has 1 radical (unpaired) electrons. The third-order valence-corrected chi connectivity index (χ3v) is 12.1. The molecule has 0 fully saturated rings. The van der Waals surface area contributed by atoms with E-state index in [9.17, 15) is 51.9 Å². The molecule has 9 rings (SSSR count). The molecule has 8 bridgehead atoms. The minimum absolute atomic E-state index is 0.